The summed E-state index contributed by atoms with van der Waals surface area (Å²) >= 11 is 3.00. The molecule has 0 fully saturated rings. The Kier molecular flexibility index (Phi) is 6.58. The lowest BCUT2D eigenvalue weighted by molar-refractivity contribution is -0.115. The van der Waals surface area contributed by atoms with Gasteiger partial charge in [-0.05, 0) is 37.4 Å². The summed E-state index contributed by atoms with van der Waals surface area (Å²) in [5.74, 6) is 1.88. The minimum absolute atomic E-state index is 0.124. The molecule has 0 spiro atoms. The SMILES string of the molecule is CCn1c(SC(C)C(=O)Nc2ccc(OC)c(OC)c2)nnc1-c1cccs1. The number of aromatic nitrogens is 3. The molecule has 0 aliphatic carbocycles. The first-order valence-electron chi connectivity index (χ1n) is 8.74. The van der Waals surface area contributed by atoms with Gasteiger partial charge >= 0.3 is 0 Å². The van der Waals surface area contributed by atoms with Gasteiger partial charge in [-0.15, -0.1) is 21.5 Å². The van der Waals surface area contributed by atoms with Crippen molar-refractivity contribution >= 4 is 34.7 Å². The summed E-state index contributed by atoms with van der Waals surface area (Å²) in [4.78, 5) is 13.7. The second kappa shape index (κ2) is 9.11. The van der Waals surface area contributed by atoms with Crippen LogP contribution in [0.5, 0.6) is 11.5 Å². The molecule has 0 aliphatic heterocycles. The first kappa shape index (κ1) is 20.2. The summed E-state index contributed by atoms with van der Waals surface area (Å²) in [6.07, 6.45) is 0. The predicted octanol–water partition coefficient (Wildman–Crippen LogP) is 4.16. The average molecular weight is 419 g/mol. The zero-order chi connectivity index (χ0) is 20.1. The Hall–Kier alpha value is -2.52. The van der Waals surface area contributed by atoms with Crippen molar-refractivity contribution in [1.82, 2.24) is 14.8 Å². The van der Waals surface area contributed by atoms with E-state index in [2.05, 4.69) is 15.5 Å². The van der Waals surface area contributed by atoms with Crippen LogP contribution in [0, 0.1) is 0 Å². The molecular formula is C19H22N4O3S2. The lowest BCUT2D eigenvalue weighted by Crippen LogP contribution is -2.23. The molecule has 1 N–H and O–H groups in total. The highest BCUT2D eigenvalue weighted by atomic mass is 32.2. The summed E-state index contributed by atoms with van der Waals surface area (Å²) in [5, 5.41) is 13.9. The van der Waals surface area contributed by atoms with Gasteiger partial charge in [0.05, 0.1) is 24.3 Å². The van der Waals surface area contributed by atoms with Gasteiger partial charge in [-0.3, -0.25) is 4.79 Å². The van der Waals surface area contributed by atoms with Gasteiger partial charge in [-0.25, -0.2) is 0 Å². The van der Waals surface area contributed by atoms with Crippen molar-refractivity contribution in [3.63, 3.8) is 0 Å². The van der Waals surface area contributed by atoms with Crippen molar-refractivity contribution in [3.8, 4) is 22.2 Å². The van der Waals surface area contributed by atoms with Crippen LogP contribution in [-0.2, 0) is 11.3 Å². The maximum atomic E-state index is 12.6. The second-order valence-corrected chi connectivity index (χ2v) is 8.10. The third-order valence-electron chi connectivity index (χ3n) is 4.08. The molecule has 1 unspecified atom stereocenters. The van der Waals surface area contributed by atoms with Gasteiger partial charge in [0.2, 0.25) is 5.91 Å². The number of hydrogen-bond acceptors (Lipinski definition) is 7. The molecular weight excluding hydrogens is 396 g/mol. The number of methoxy groups -OCH3 is 2. The fraction of sp³-hybridized carbons (Fsp3) is 0.316. The van der Waals surface area contributed by atoms with Gasteiger partial charge in [-0.2, -0.15) is 0 Å². The molecule has 3 aromatic rings. The van der Waals surface area contributed by atoms with Gasteiger partial charge in [0.1, 0.15) is 0 Å². The quantitative estimate of drug-likeness (QED) is 0.554. The minimum Gasteiger partial charge on any atom is -0.493 e. The first-order valence-corrected chi connectivity index (χ1v) is 10.5. The number of carbonyl (C=O) groups excluding carboxylic acids is 1. The molecule has 0 saturated heterocycles. The summed E-state index contributed by atoms with van der Waals surface area (Å²) in [6.45, 7) is 4.62. The van der Waals surface area contributed by atoms with Gasteiger partial charge in [0.15, 0.2) is 22.5 Å². The number of thioether (sulfide) groups is 1. The fourth-order valence-corrected chi connectivity index (χ4v) is 4.25. The van der Waals surface area contributed by atoms with E-state index in [1.807, 2.05) is 35.9 Å². The number of anilines is 1. The Morgan fingerprint density at radius 2 is 2.04 bits per heavy atom. The van der Waals surface area contributed by atoms with Crippen LogP contribution in [0.1, 0.15) is 13.8 Å². The maximum Gasteiger partial charge on any atom is 0.237 e. The molecule has 2 heterocycles. The van der Waals surface area contributed by atoms with Crippen molar-refractivity contribution in [2.45, 2.75) is 30.8 Å². The average Bonchev–Trinajstić information content (AvgIpc) is 3.37. The van der Waals surface area contributed by atoms with Crippen LogP contribution in [-0.4, -0.2) is 40.1 Å². The van der Waals surface area contributed by atoms with Crippen LogP contribution in [0.3, 0.4) is 0 Å². The van der Waals surface area contributed by atoms with E-state index in [0.717, 1.165) is 22.4 Å². The predicted molar refractivity (Wildman–Crippen MR) is 113 cm³/mol. The molecule has 1 atom stereocenters. The van der Waals surface area contributed by atoms with Crippen LogP contribution in [0.4, 0.5) is 5.69 Å². The lowest BCUT2D eigenvalue weighted by atomic mass is 10.2. The number of amides is 1. The van der Waals surface area contributed by atoms with Crippen molar-refractivity contribution in [1.29, 1.82) is 0 Å². The molecule has 9 heteroatoms. The molecule has 7 nitrogen and oxygen atoms in total. The Bertz CT molecular complexity index is 941. The van der Waals surface area contributed by atoms with Crippen molar-refractivity contribution in [2.24, 2.45) is 0 Å². The molecule has 28 heavy (non-hydrogen) atoms. The van der Waals surface area contributed by atoms with Crippen LogP contribution >= 0.6 is 23.1 Å². The normalized spacial score (nSPS) is 11.9. The van der Waals surface area contributed by atoms with Gasteiger partial charge in [0, 0.05) is 18.3 Å². The molecule has 1 aromatic carbocycles. The van der Waals surface area contributed by atoms with E-state index in [-0.39, 0.29) is 11.2 Å². The standard InChI is InChI=1S/C19H22N4O3S2/c1-5-23-17(16-7-6-10-27-16)21-22-19(23)28-12(2)18(24)20-13-8-9-14(25-3)15(11-13)26-4/h6-12H,5H2,1-4H3,(H,20,24). The topological polar surface area (TPSA) is 78.3 Å². The van der Waals surface area contributed by atoms with E-state index in [4.69, 9.17) is 9.47 Å². The summed E-state index contributed by atoms with van der Waals surface area (Å²) in [6, 6.07) is 9.27. The van der Waals surface area contributed by atoms with Gasteiger partial charge < -0.3 is 19.4 Å². The number of thiophene rings is 1. The highest BCUT2D eigenvalue weighted by Gasteiger charge is 2.21. The molecule has 0 radical (unpaired) electrons. The van der Waals surface area contributed by atoms with Crippen molar-refractivity contribution in [3.05, 3.63) is 35.7 Å². The monoisotopic (exact) mass is 418 g/mol. The number of hydrogen-bond donors (Lipinski definition) is 1. The van der Waals surface area contributed by atoms with Crippen LogP contribution in [0.25, 0.3) is 10.7 Å². The maximum absolute atomic E-state index is 12.6. The van der Waals surface area contributed by atoms with Crippen molar-refractivity contribution in [2.75, 3.05) is 19.5 Å². The summed E-state index contributed by atoms with van der Waals surface area (Å²) in [7, 11) is 3.13. The second-order valence-electron chi connectivity index (χ2n) is 5.85. The number of carbonyl (C=O) groups is 1. The largest absolute Gasteiger partial charge is 0.493 e. The molecule has 3 rings (SSSR count). The highest BCUT2D eigenvalue weighted by molar-refractivity contribution is 8.00. The zero-order valence-corrected chi connectivity index (χ0v) is 17.8. The lowest BCUT2D eigenvalue weighted by Gasteiger charge is -2.14. The highest BCUT2D eigenvalue weighted by Crippen LogP contribution is 2.31. The number of ether oxygens (including phenoxy) is 2. The molecule has 148 valence electrons. The number of nitrogens with zero attached hydrogens (tertiary/aromatic N) is 3. The van der Waals surface area contributed by atoms with E-state index in [9.17, 15) is 4.79 Å². The zero-order valence-electron chi connectivity index (χ0n) is 16.1. The molecule has 1 amide bonds. The smallest absolute Gasteiger partial charge is 0.237 e. The van der Waals surface area contributed by atoms with Gasteiger partial charge in [0.25, 0.3) is 0 Å². The van der Waals surface area contributed by atoms with Crippen molar-refractivity contribution < 1.29 is 14.3 Å². The van der Waals surface area contributed by atoms with E-state index >= 15 is 0 Å². The fourth-order valence-electron chi connectivity index (χ4n) is 2.62. The minimum atomic E-state index is -0.348. The number of rotatable bonds is 8. The Balaban J connectivity index is 1.71. The van der Waals surface area contributed by atoms with E-state index < -0.39 is 0 Å². The Morgan fingerprint density at radius 3 is 2.68 bits per heavy atom. The van der Waals surface area contributed by atoms with E-state index in [1.165, 1.54) is 11.8 Å². The molecule has 0 bridgehead atoms. The van der Waals surface area contributed by atoms with Crippen LogP contribution < -0.4 is 14.8 Å². The van der Waals surface area contributed by atoms with E-state index in [1.54, 1.807) is 43.8 Å². The van der Waals surface area contributed by atoms with Crippen LogP contribution in [0.2, 0.25) is 0 Å². The van der Waals surface area contributed by atoms with E-state index in [0.29, 0.717) is 17.2 Å². The third-order valence-corrected chi connectivity index (χ3v) is 6.02. The Labute approximate surface area is 172 Å². The number of nitrogens with one attached hydrogen (secondary N) is 1. The first-order chi connectivity index (χ1) is 13.6. The third kappa shape index (κ3) is 4.31. The van der Waals surface area contributed by atoms with Crippen LogP contribution in [0.15, 0.2) is 40.9 Å². The summed E-state index contributed by atoms with van der Waals surface area (Å²) < 4.78 is 12.5. The molecule has 0 saturated carbocycles. The number of benzene rings is 1. The Morgan fingerprint density at radius 1 is 1.25 bits per heavy atom. The molecule has 0 aliphatic rings. The summed E-state index contributed by atoms with van der Waals surface area (Å²) in [5.41, 5.74) is 0.645. The molecule has 2 aromatic heterocycles. The van der Waals surface area contributed by atoms with Gasteiger partial charge in [-0.1, -0.05) is 17.8 Å².